The van der Waals surface area contributed by atoms with Crippen molar-refractivity contribution in [1.82, 2.24) is 0 Å². The van der Waals surface area contributed by atoms with Crippen molar-refractivity contribution in [2.75, 3.05) is 0 Å². The summed E-state index contributed by atoms with van der Waals surface area (Å²) in [5.74, 6) is 0. The van der Waals surface area contributed by atoms with E-state index in [1.807, 2.05) is 0 Å². The molecule has 0 N–H and O–H groups in total. The van der Waals surface area contributed by atoms with Crippen molar-refractivity contribution < 1.29 is 35.8 Å². The Hall–Kier alpha value is 1.03. The van der Waals surface area contributed by atoms with Gasteiger partial charge in [0, 0.05) is 0 Å². The standard InChI is InChI=1S/Al.H2OSi.2O.Zr.H/c;1-2;;;;/h;2H2;;;;. The third-order valence-corrected chi connectivity index (χ3v) is 0. The third kappa shape index (κ3) is 76.8. The summed E-state index contributed by atoms with van der Waals surface area (Å²) in [7, 11) is 0.611. The van der Waals surface area contributed by atoms with Gasteiger partial charge in [0.1, 0.15) is 0 Å². The molecule has 3 nitrogen and oxygen atoms in total. The zero-order valence-corrected chi connectivity index (χ0v) is 8.43. The van der Waals surface area contributed by atoms with E-state index in [2.05, 4.69) is 0 Å². The second kappa shape index (κ2) is 143. The first-order valence-corrected chi connectivity index (χ1v) is 2.94. The van der Waals surface area contributed by atoms with E-state index in [0.29, 0.717) is 51.1 Å². The van der Waals surface area contributed by atoms with Crippen LogP contribution in [0.1, 0.15) is 0 Å². The van der Waals surface area contributed by atoms with Crippen LogP contribution >= 0.6 is 0 Å². The predicted octanol–water partition coefficient (Wildman–Crippen LogP) is -1.92. The Labute approximate surface area is 61.9 Å². The van der Waals surface area contributed by atoms with E-state index in [-0.39, 0.29) is 0 Å². The summed E-state index contributed by atoms with van der Waals surface area (Å²) in [5.41, 5.74) is 0. The van der Waals surface area contributed by atoms with Gasteiger partial charge in [-0.1, -0.05) is 0 Å². The first-order valence-electron chi connectivity index (χ1n) is 0.781. The van der Waals surface area contributed by atoms with Crippen LogP contribution in [0.5, 0.6) is 0 Å². The van der Waals surface area contributed by atoms with Gasteiger partial charge in [0.25, 0.3) is 0 Å². The van der Waals surface area contributed by atoms with Gasteiger partial charge in [0.15, 0.2) is 0 Å². The first-order chi connectivity index (χ1) is 3.00. The summed E-state index contributed by atoms with van der Waals surface area (Å²) in [6.45, 7) is 0. The molecule has 0 unspecified atom stereocenters. The molecule has 0 radical (unpaired) electrons. The Morgan fingerprint density at radius 3 is 1.17 bits per heavy atom. The van der Waals surface area contributed by atoms with E-state index >= 15 is 0 Å². The normalized spacial score (nSPS) is 1.67. The Morgan fingerprint density at radius 2 is 1.17 bits per heavy atom. The van der Waals surface area contributed by atoms with E-state index in [9.17, 15) is 0 Å². The van der Waals surface area contributed by atoms with Crippen LogP contribution in [0.25, 0.3) is 0 Å². The van der Waals surface area contributed by atoms with Gasteiger partial charge in [-0.2, -0.15) is 0 Å². The molecule has 0 saturated heterocycles. The molecule has 32 valence electrons. The fourth-order valence-corrected chi connectivity index (χ4v) is 0. The molecule has 0 aromatic heterocycles. The van der Waals surface area contributed by atoms with E-state index in [0.717, 1.165) is 0 Å². The van der Waals surface area contributed by atoms with Crippen molar-refractivity contribution in [1.29, 1.82) is 0 Å². The topological polar surface area (TPSA) is 51.2 Å². The van der Waals surface area contributed by atoms with E-state index in [1.165, 1.54) is 0 Å². The number of hydrogen-bond acceptors (Lipinski definition) is 3. The second-order valence-electron chi connectivity index (χ2n) is 0. The zero-order chi connectivity index (χ0) is 6.00. The summed E-state index contributed by atoms with van der Waals surface area (Å²) >= 11 is 0.911. The van der Waals surface area contributed by atoms with Crippen molar-refractivity contribution >= 4 is 26.4 Å². The van der Waals surface area contributed by atoms with Gasteiger partial charge >= 0.3 is 47.6 Å². The second-order valence-corrected chi connectivity index (χ2v) is 0. The zero-order valence-electron chi connectivity index (χ0n) is 3.14. The van der Waals surface area contributed by atoms with Crippen LogP contribution in [0.15, 0.2) is 0 Å². The summed E-state index contributed by atoms with van der Waals surface area (Å²) in [6.07, 6.45) is 0. The molecule has 0 heterocycles. The van der Waals surface area contributed by atoms with Crippen molar-refractivity contribution in [3.63, 3.8) is 0 Å². The SMILES string of the molecule is O=[SiH2].[O]=[AlH].[O]=[Zr]. The van der Waals surface area contributed by atoms with Crippen LogP contribution in [0.3, 0.4) is 0 Å². The molecule has 0 saturated carbocycles. The number of hydrogen-bond donors (Lipinski definition) is 0. The van der Waals surface area contributed by atoms with Crippen molar-refractivity contribution in [2.24, 2.45) is 0 Å². The molecule has 0 fully saturated rings. The minimum atomic E-state index is 0.300. The van der Waals surface area contributed by atoms with Gasteiger partial charge in [-0.15, -0.1) is 0 Å². The average molecular weight is 197 g/mol. The maximum atomic E-state index is 8.34. The van der Waals surface area contributed by atoms with Gasteiger partial charge in [-0.3, -0.25) is 0 Å². The summed E-state index contributed by atoms with van der Waals surface area (Å²) in [4.78, 5) is 0. The quantitative estimate of drug-likeness (QED) is 0.425. The molecule has 0 aliphatic rings. The van der Waals surface area contributed by atoms with Crippen LogP contribution in [0, 0.1) is 0 Å². The van der Waals surface area contributed by atoms with Gasteiger partial charge in [-0.05, 0) is 0 Å². The first kappa shape index (κ1) is 15.7. The molecule has 0 aromatic rings. The molecular weight excluding hydrogens is 194 g/mol. The minimum absolute atomic E-state index is 0.300. The predicted molar refractivity (Wildman–Crippen MR) is 17.8 cm³/mol. The molecule has 0 aromatic carbocycles. The fourth-order valence-electron chi connectivity index (χ4n) is 0. The molecule has 0 rings (SSSR count). The summed E-state index contributed by atoms with van der Waals surface area (Å²) in [5, 5.41) is 0. The molecule has 0 bridgehead atoms. The van der Waals surface area contributed by atoms with E-state index < -0.39 is 0 Å². The Morgan fingerprint density at radius 1 is 1.17 bits per heavy atom. The van der Waals surface area contributed by atoms with Gasteiger partial charge in [0.2, 0.25) is 10.1 Å². The third-order valence-electron chi connectivity index (χ3n) is 0. The van der Waals surface area contributed by atoms with Crippen LogP contribution in [-0.4, -0.2) is 26.4 Å². The molecular formula is H3AlO3SiZr. The van der Waals surface area contributed by atoms with Gasteiger partial charge in [-0.25, -0.2) is 0 Å². The van der Waals surface area contributed by atoms with Crippen molar-refractivity contribution in [3.8, 4) is 0 Å². The fraction of sp³-hybridized carbons (Fsp3) is 0. The number of rotatable bonds is 0. The van der Waals surface area contributed by atoms with Crippen LogP contribution in [0.4, 0.5) is 0 Å². The average Bonchev–Trinajstić information content (AvgIpc) is 1.81. The van der Waals surface area contributed by atoms with Crippen LogP contribution in [-0.2, 0) is 35.8 Å². The van der Waals surface area contributed by atoms with Gasteiger partial charge in [0.05, 0.1) is 0 Å². The van der Waals surface area contributed by atoms with Gasteiger partial charge < -0.3 is 4.46 Å². The monoisotopic (exact) mass is 196 g/mol. The Balaban J connectivity index is -0.0000000225. The summed E-state index contributed by atoms with van der Waals surface area (Å²) < 4.78 is 24.9. The maximum absolute atomic E-state index is 8.34. The van der Waals surface area contributed by atoms with Crippen molar-refractivity contribution in [3.05, 3.63) is 0 Å². The van der Waals surface area contributed by atoms with Crippen LogP contribution < -0.4 is 0 Å². The molecule has 0 atom stereocenters. The van der Waals surface area contributed by atoms with Crippen molar-refractivity contribution in [2.45, 2.75) is 0 Å². The molecule has 0 spiro atoms. The van der Waals surface area contributed by atoms with Crippen LogP contribution in [0.2, 0.25) is 0 Å². The molecule has 6 heteroatoms. The summed E-state index contributed by atoms with van der Waals surface area (Å²) in [6, 6.07) is 0. The molecule has 6 heavy (non-hydrogen) atoms. The van der Waals surface area contributed by atoms with E-state index in [4.69, 9.17) is 11.1 Å². The Kier molecular flexibility index (Phi) is 376. The Bertz CT molecular complexity index is 15.5. The molecule has 0 aliphatic carbocycles. The van der Waals surface area contributed by atoms with E-state index in [1.54, 1.807) is 0 Å². The molecule has 0 amide bonds. The molecule has 0 aliphatic heterocycles.